The van der Waals surface area contributed by atoms with Crippen LogP contribution < -0.4 is 0 Å². The molecule has 13 heavy (non-hydrogen) atoms. The molecule has 0 fully saturated rings. The van der Waals surface area contributed by atoms with Gasteiger partial charge in [-0.1, -0.05) is 18.2 Å². The van der Waals surface area contributed by atoms with Crippen LogP contribution in [0.5, 0.6) is 0 Å². The molecule has 0 rings (SSSR count). The van der Waals surface area contributed by atoms with Crippen LogP contribution in [0.1, 0.15) is 6.92 Å². The van der Waals surface area contributed by atoms with E-state index in [1.807, 2.05) is 12.2 Å². The number of hydrogen-bond donors (Lipinski definition) is 0. The minimum Gasteiger partial charge on any atom is -0.299 e. The fourth-order valence-corrected chi connectivity index (χ4v) is 2.23. The Balaban J connectivity index is 4.32. The van der Waals surface area contributed by atoms with Gasteiger partial charge in [0.15, 0.2) is 0 Å². The lowest BCUT2D eigenvalue weighted by Gasteiger charge is -2.01. The molecule has 0 aliphatic carbocycles. The van der Waals surface area contributed by atoms with Crippen LogP contribution in [-0.4, -0.2) is 18.8 Å². The van der Waals surface area contributed by atoms with Gasteiger partial charge in [0.25, 0.3) is 0 Å². The van der Waals surface area contributed by atoms with E-state index in [1.54, 1.807) is 29.6 Å². The molecular weight excluding hydrogens is 200 g/mol. The highest BCUT2D eigenvalue weighted by atomic mass is 32.2. The summed E-state index contributed by atoms with van der Waals surface area (Å²) in [5.74, 6) is 0. The topological polar surface area (TPSA) is 17.1 Å². The summed E-state index contributed by atoms with van der Waals surface area (Å²) in [6.07, 6.45) is 12.0. The fraction of sp³-hybridized carbons (Fsp3) is 0.300. The van der Waals surface area contributed by atoms with Crippen LogP contribution in [0, 0.1) is 0 Å². The molecule has 0 saturated heterocycles. The number of carbonyl (C=O) groups is 1. The minimum absolute atomic E-state index is 0.771. The Morgan fingerprint density at radius 3 is 2.15 bits per heavy atom. The molecule has 0 N–H and O–H groups in total. The van der Waals surface area contributed by atoms with E-state index in [1.165, 1.54) is 15.9 Å². The van der Waals surface area contributed by atoms with Crippen molar-refractivity contribution in [1.29, 1.82) is 0 Å². The van der Waals surface area contributed by atoms with Crippen LogP contribution in [-0.2, 0) is 4.79 Å². The molecule has 0 unspecified atom stereocenters. The summed E-state index contributed by atoms with van der Waals surface area (Å²) < 4.78 is 1.30. The highest BCUT2D eigenvalue weighted by molar-refractivity contribution is 8.21. The number of aldehydes is 1. The van der Waals surface area contributed by atoms with E-state index in [-0.39, 0.29) is 0 Å². The summed E-state index contributed by atoms with van der Waals surface area (Å²) in [5, 5.41) is 0. The number of carbonyl (C=O) groups excluding carboxylic acids is 1. The van der Waals surface area contributed by atoms with Crippen molar-refractivity contribution in [2.45, 2.75) is 6.92 Å². The van der Waals surface area contributed by atoms with Gasteiger partial charge in [-0.2, -0.15) is 0 Å². The zero-order valence-corrected chi connectivity index (χ0v) is 9.74. The van der Waals surface area contributed by atoms with Gasteiger partial charge in [-0.25, -0.2) is 0 Å². The highest BCUT2D eigenvalue weighted by Gasteiger charge is 1.94. The van der Waals surface area contributed by atoms with Gasteiger partial charge >= 0.3 is 0 Å². The zero-order valence-electron chi connectivity index (χ0n) is 8.11. The summed E-state index contributed by atoms with van der Waals surface area (Å²) in [6.45, 7) is 2.06. The average Bonchev–Trinajstić information content (AvgIpc) is 2.14. The standard InChI is InChI=1S/C10H14OS2/c1-9(10(12-2)13-3)7-5-4-6-8-11/h4-8H,1-3H3/b6-4+,7-5+. The van der Waals surface area contributed by atoms with Crippen molar-refractivity contribution in [2.24, 2.45) is 0 Å². The van der Waals surface area contributed by atoms with Crippen molar-refractivity contribution in [3.05, 3.63) is 34.1 Å². The van der Waals surface area contributed by atoms with E-state index < -0.39 is 0 Å². The van der Waals surface area contributed by atoms with Crippen molar-refractivity contribution >= 4 is 29.8 Å². The van der Waals surface area contributed by atoms with Crippen LogP contribution >= 0.6 is 23.5 Å². The minimum atomic E-state index is 0.771. The van der Waals surface area contributed by atoms with Crippen LogP contribution in [0.4, 0.5) is 0 Å². The summed E-state index contributed by atoms with van der Waals surface area (Å²) in [5.41, 5.74) is 1.23. The van der Waals surface area contributed by atoms with Gasteiger partial charge in [0.1, 0.15) is 6.29 Å². The molecule has 0 aliphatic heterocycles. The van der Waals surface area contributed by atoms with Crippen molar-refractivity contribution in [3.8, 4) is 0 Å². The first-order valence-corrected chi connectivity index (χ1v) is 6.28. The number of allylic oxidation sites excluding steroid dienone is 5. The Labute approximate surface area is 88.4 Å². The predicted molar refractivity (Wildman–Crippen MR) is 64.1 cm³/mol. The van der Waals surface area contributed by atoms with Crippen molar-refractivity contribution < 1.29 is 4.79 Å². The summed E-state index contributed by atoms with van der Waals surface area (Å²) in [7, 11) is 0. The van der Waals surface area contributed by atoms with Gasteiger partial charge in [0.2, 0.25) is 0 Å². The molecule has 1 nitrogen and oxygen atoms in total. The summed E-state index contributed by atoms with van der Waals surface area (Å²) >= 11 is 3.48. The monoisotopic (exact) mass is 214 g/mol. The molecule has 0 aromatic rings. The van der Waals surface area contributed by atoms with Gasteiger partial charge in [-0.3, -0.25) is 4.79 Å². The van der Waals surface area contributed by atoms with E-state index in [0.29, 0.717) is 0 Å². The van der Waals surface area contributed by atoms with Crippen LogP contribution in [0.3, 0.4) is 0 Å². The number of hydrogen-bond acceptors (Lipinski definition) is 3. The molecule has 3 heteroatoms. The van der Waals surface area contributed by atoms with E-state index in [2.05, 4.69) is 19.4 Å². The first-order valence-electron chi connectivity index (χ1n) is 3.83. The number of thioether (sulfide) groups is 2. The lowest BCUT2D eigenvalue weighted by atomic mass is 10.3. The van der Waals surface area contributed by atoms with Crippen molar-refractivity contribution in [1.82, 2.24) is 0 Å². The summed E-state index contributed by atoms with van der Waals surface area (Å²) in [6, 6.07) is 0. The first-order chi connectivity index (χ1) is 6.26. The fourth-order valence-electron chi connectivity index (χ4n) is 0.783. The lowest BCUT2D eigenvalue weighted by Crippen LogP contribution is -1.74. The van der Waals surface area contributed by atoms with Gasteiger partial charge in [-0.15, -0.1) is 23.5 Å². The van der Waals surface area contributed by atoms with Crippen LogP contribution in [0.2, 0.25) is 0 Å². The summed E-state index contributed by atoms with van der Waals surface area (Å²) in [4.78, 5) is 9.95. The normalized spacial score (nSPS) is 11.0. The molecule has 0 atom stereocenters. The maximum Gasteiger partial charge on any atom is 0.142 e. The SMILES string of the molecule is CSC(SC)=C(C)/C=C/C=C/C=O. The molecule has 0 radical (unpaired) electrons. The van der Waals surface area contributed by atoms with E-state index >= 15 is 0 Å². The Bertz CT molecular complexity index is 233. The maximum atomic E-state index is 9.95. The molecule has 0 heterocycles. The van der Waals surface area contributed by atoms with Gasteiger partial charge in [0.05, 0.1) is 0 Å². The Hall–Kier alpha value is -0.410. The van der Waals surface area contributed by atoms with E-state index in [4.69, 9.17) is 0 Å². The molecule has 0 aliphatic rings. The second-order valence-electron chi connectivity index (χ2n) is 2.26. The smallest absolute Gasteiger partial charge is 0.142 e. The third-order valence-electron chi connectivity index (χ3n) is 1.34. The van der Waals surface area contributed by atoms with Gasteiger partial charge in [-0.05, 0) is 31.1 Å². The van der Waals surface area contributed by atoms with Crippen molar-refractivity contribution in [2.75, 3.05) is 12.5 Å². The molecule has 0 aromatic carbocycles. The zero-order chi connectivity index (χ0) is 10.1. The largest absolute Gasteiger partial charge is 0.299 e. The molecule has 72 valence electrons. The van der Waals surface area contributed by atoms with Gasteiger partial charge < -0.3 is 0 Å². The Morgan fingerprint density at radius 2 is 1.69 bits per heavy atom. The van der Waals surface area contributed by atoms with Crippen LogP contribution in [0.25, 0.3) is 0 Å². The maximum absolute atomic E-state index is 9.95. The van der Waals surface area contributed by atoms with E-state index in [0.717, 1.165) is 6.29 Å². The highest BCUT2D eigenvalue weighted by Crippen LogP contribution is 2.27. The quantitative estimate of drug-likeness (QED) is 0.397. The molecule has 0 amide bonds. The van der Waals surface area contributed by atoms with Crippen molar-refractivity contribution in [3.63, 3.8) is 0 Å². The Kier molecular flexibility index (Phi) is 7.94. The second kappa shape index (κ2) is 8.20. The number of rotatable bonds is 5. The molecule has 0 spiro atoms. The average molecular weight is 214 g/mol. The van der Waals surface area contributed by atoms with Crippen LogP contribution in [0.15, 0.2) is 34.1 Å². The van der Waals surface area contributed by atoms with E-state index in [9.17, 15) is 4.79 Å². The molecule has 0 bridgehead atoms. The molecule has 0 aromatic heterocycles. The predicted octanol–water partition coefficient (Wildman–Crippen LogP) is 3.26. The Morgan fingerprint density at radius 1 is 1.08 bits per heavy atom. The lowest BCUT2D eigenvalue weighted by molar-refractivity contribution is -0.104. The third-order valence-corrected chi connectivity index (χ3v) is 3.73. The first kappa shape index (κ1) is 12.6. The second-order valence-corrected chi connectivity index (χ2v) is 4.15. The molecule has 0 saturated carbocycles. The van der Waals surface area contributed by atoms with Gasteiger partial charge in [0, 0.05) is 4.24 Å². The third kappa shape index (κ3) is 5.77. The molecular formula is C10H14OS2.